The van der Waals surface area contributed by atoms with Gasteiger partial charge in [-0.3, -0.25) is 4.90 Å². The zero-order chi connectivity index (χ0) is 14.3. The third-order valence-corrected chi connectivity index (χ3v) is 4.92. The van der Waals surface area contributed by atoms with E-state index >= 15 is 0 Å². The Morgan fingerprint density at radius 1 is 1.20 bits per heavy atom. The molecule has 1 unspecified atom stereocenters. The van der Waals surface area contributed by atoms with Gasteiger partial charge >= 0.3 is 6.09 Å². The number of benzene rings is 2. The number of fused-ring (bicyclic) bond motifs is 2. The maximum Gasteiger partial charge on any atom is 0.412 e. The van der Waals surface area contributed by atoms with Gasteiger partial charge in [0.05, 0.1) is 27.9 Å². The summed E-state index contributed by atoms with van der Waals surface area (Å²) in [6.45, 7) is 0.157. The molecule has 1 N–H and O–H groups in total. The van der Waals surface area contributed by atoms with E-state index in [1.54, 1.807) is 36.4 Å². The lowest BCUT2D eigenvalue weighted by Crippen LogP contribution is -2.28. The average Bonchev–Trinajstić information content (AvgIpc) is 2.55. The SMILES string of the molecule is O=C(O)N1Cc2ccccc2S(=O)c2ccc(Cl)cc21. The number of rotatable bonds is 0. The zero-order valence-electron chi connectivity index (χ0n) is 10.2. The fraction of sp³-hybridized carbons (Fsp3) is 0.0714. The second-order valence-corrected chi connectivity index (χ2v) is 6.21. The van der Waals surface area contributed by atoms with E-state index in [0.29, 0.717) is 20.5 Å². The van der Waals surface area contributed by atoms with Crippen molar-refractivity contribution in [3.8, 4) is 0 Å². The van der Waals surface area contributed by atoms with Gasteiger partial charge in [-0.05, 0) is 29.8 Å². The topological polar surface area (TPSA) is 57.6 Å². The summed E-state index contributed by atoms with van der Waals surface area (Å²) in [6.07, 6.45) is -1.10. The van der Waals surface area contributed by atoms with Crippen LogP contribution >= 0.6 is 11.6 Å². The molecule has 0 aliphatic carbocycles. The van der Waals surface area contributed by atoms with E-state index in [-0.39, 0.29) is 6.54 Å². The minimum absolute atomic E-state index is 0.157. The van der Waals surface area contributed by atoms with Crippen LogP contribution in [0.25, 0.3) is 0 Å². The normalized spacial score (nSPS) is 17.1. The van der Waals surface area contributed by atoms with E-state index in [4.69, 9.17) is 11.6 Å². The van der Waals surface area contributed by atoms with Crippen molar-refractivity contribution in [2.24, 2.45) is 0 Å². The lowest BCUT2D eigenvalue weighted by Gasteiger charge is -2.19. The lowest BCUT2D eigenvalue weighted by atomic mass is 10.2. The van der Waals surface area contributed by atoms with Crippen LogP contribution in [-0.2, 0) is 17.3 Å². The lowest BCUT2D eigenvalue weighted by molar-refractivity contribution is 0.201. The molecule has 1 aliphatic heterocycles. The predicted molar refractivity (Wildman–Crippen MR) is 76.8 cm³/mol. The van der Waals surface area contributed by atoms with E-state index in [9.17, 15) is 14.1 Å². The Bertz CT molecular complexity index is 732. The molecule has 4 nitrogen and oxygen atoms in total. The van der Waals surface area contributed by atoms with Crippen LogP contribution in [0.3, 0.4) is 0 Å². The molecule has 0 spiro atoms. The first kappa shape index (κ1) is 13.1. The highest BCUT2D eigenvalue weighted by Gasteiger charge is 2.27. The minimum Gasteiger partial charge on any atom is -0.465 e. The number of hydrogen-bond donors (Lipinski definition) is 1. The number of halogens is 1. The fourth-order valence-electron chi connectivity index (χ4n) is 2.22. The second-order valence-electron chi connectivity index (χ2n) is 4.36. The van der Waals surface area contributed by atoms with E-state index in [2.05, 4.69) is 0 Å². The Labute approximate surface area is 123 Å². The molecule has 6 heteroatoms. The molecule has 1 amide bonds. The van der Waals surface area contributed by atoms with Crippen LogP contribution in [0.4, 0.5) is 10.5 Å². The maximum atomic E-state index is 12.7. The van der Waals surface area contributed by atoms with Gasteiger partial charge < -0.3 is 5.11 Å². The van der Waals surface area contributed by atoms with Crippen molar-refractivity contribution in [3.63, 3.8) is 0 Å². The van der Waals surface area contributed by atoms with Crippen molar-refractivity contribution in [2.75, 3.05) is 4.90 Å². The van der Waals surface area contributed by atoms with Crippen molar-refractivity contribution < 1.29 is 14.1 Å². The monoisotopic (exact) mass is 307 g/mol. The Kier molecular flexibility index (Phi) is 3.23. The highest BCUT2D eigenvalue weighted by molar-refractivity contribution is 7.85. The molecule has 0 fully saturated rings. The van der Waals surface area contributed by atoms with Gasteiger partial charge in [0.15, 0.2) is 0 Å². The molecule has 0 saturated carbocycles. The van der Waals surface area contributed by atoms with Crippen LogP contribution < -0.4 is 4.90 Å². The van der Waals surface area contributed by atoms with Crippen LogP contribution in [-0.4, -0.2) is 15.4 Å². The standard InChI is InChI=1S/C14H10ClNO3S/c15-10-5-6-13-11(7-10)16(14(17)18)8-9-3-1-2-4-12(9)20(13)19/h1-7H,8H2,(H,17,18). The molecule has 1 heterocycles. The van der Waals surface area contributed by atoms with Crippen molar-refractivity contribution >= 4 is 34.2 Å². The van der Waals surface area contributed by atoms with E-state index in [1.807, 2.05) is 0 Å². The van der Waals surface area contributed by atoms with E-state index in [1.165, 1.54) is 11.0 Å². The largest absolute Gasteiger partial charge is 0.465 e. The summed E-state index contributed by atoms with van der Waals surface area (Å²) in [5.41, 5.74) is 1.11. The Morgan fingerprint density at radius 2 is 1.95 bits per heavy atom. The molecule has 102 valence electrons. The van der Waals surface area contributed by atoms with Gasteiger partial charge in [-0.15, -0.1) is 0 Å². The third kappa shape index (κ3) is 2.09. The summed E-state index contributed by atoms with van der Waals surface area (Å²) in [7, 11) is -1.42. The Hall–Kier alpha value is -1.85. The number of anilines is 1. The van der Waals surface area contributed by atoms with Crippen LogP contribution in [0.1, 0.15) is 5.56 Å². The number of carboxylic acid groups (broad SMARTS) is 1. The second kappa shape index (κ2) is 4.92. The van der Waals surface area contributed by atoms with Crippen LogP contribution in [0, 0.1) is 0 Å². The Balaban J connectivity index is 2.28. The fourth-order valence-corrected chi connectivity index (χ4v) is 3.75. The average molecular weight is 308 g/mol. The molecule has 1 aliphatic rings. The van der Waals surface area contributed by atoms with Crippen molar-refractivity contribution in [1.29, 1.82) is 0 Å². The number of hydrogen-bond acceptors (Lipinski definition) is 2. The van der Waals surface area contributed by atoms with Gasteiger partial charge in [-0.1, -0.05) is 29.8 Å². The summed E-state index contributed by atoms with van der Waals surface area (Å²) < 4.78 is 12.7. The van der Waals surface area contributed by atoms with Gasteiger partial charge in [0.25, 0.3) is 0 Å². The third-order valence-electron chi connectivity index (χ3n) is 3.14. The summed E-state index contributed by atoms with van der Waals surface area (Å²) >= 11 is 5.94. The van der Waals surface area contributed by atoms with Crippen molar-refractivity contribution in [3.05, 3.63) is 53.1 Å². The van der Waals surface area contributed by atoms with Gasteiger partial charge in [-0.2, -0.15) is 0 Å². The zero-order valence-corrected chi connectivity index (χ0v) is 11.8. The number of carbonyl (C=O) groups is 1. The summed E-state index contributed by atoms with van der Waals surface area (Å²) in [4.78, 5) is 13.8. The number of amides is 1. The minimum atomic E-state index is -1.42. The Morgan fingerprint density at radius 3 is 2.70 bits per heavy atom. The molecule has 20 heavy (non-hydrogen) atoms. The number of nitrogens with zero attached hydrogens (tertiary/aromatic N) is 1. The molecule has 0 aromatic heterocycles. The molecule has 1 atom stereocenters. The summed E-state index contributed by atoms with van der Waals surface area (Å²) in [5.74, 6) is 0. The molecular weight excluding hydrogens is 298 g/mol. The van der Waals surface area contributed by atoms with E-state index in [0.717, 1.165) is 5.56 Å². The first-order chi connectivity index (χ1) is 9.58. The summed E-state index contributed by atoms with van der Waals surface area (Å²) in [6, 6.07) is 11.9. The van der Waals surface area contributed by atoms with Crippen LogP contribution in [0.5, 0.6) is 0 Å². The molecule has 0 saturated heterocycles. The highest BCUT2D eigenvalue weighted by atomic mass is 35.5. The van der Waals surface area contributed by atoms with Gasteiger partial charge in [0.1, 0.15) is 0 Å². The molecule has 3 rings (SSSR count). The van der Waals surface area contributed by atoms with Crippen LogP contribution in [0.15, 0.2) is 52.3 Å². The van der Waals surface area contributed by atoms with Crippen LogP contribution in [0.2, 0.25) is 5.02 Å². The predicted octanol–water partition coefficient (Wildman–Crippen LogP) is 3.50. The smallest absolute Gasteiger partial charge is 0.412 e. The summed E-state index contributed by atoms with van der Waals surface area (Å²) in [5, 5.41) is 9.81. The van der Waals surface area contributed by atoms with Crippen molar-refractivity contribution in [2.45, 2.75) is 16.3 Å². The molecular formula is C14H10ClNO3S. The maximum absolute atomic E-state index is 12.7. The molecule has 0 bridgehead atoms. The first-order valence-corrected chi connectivity index (χ1v) is 7.40. The van der Waals surface area contributed by atoms with Gasteiger partial charge in [0.2, 0.25) is 0 Å². The van der Waals surface area contributed by atoms with Gasteiger partial charge in [0, 0.05) is 9.92 Å². The van der Waals surface area contributed by atoms with E-state index < -0.39 is 16.9 Å². The van der Waals surface area contributed by atoms with Crippen molar-refractivity contribution in [1.82, 2.24) is 0 Å². The molecule has 0 radical (unpaired) electrons. The first-order valence-electron chi connectivity index (χ1n) is 5.87. The molecule has 2 aromatic rings. The molecule has 2 aromatic carbocycles. The highest BCUT2D eigenvalue weighted by Crippen LogP contribution is 2.35. The van der Waals surface area contributed by atoms with Gasteiger partial charge in [-0.25, -0.2) is 9.00 Å². The quantitative estimate of drug-likeness (QED) is 0.810.